The number of hydrogen-bond acceptors (Lipinski definition) is 5. The van der Waals surface area contributed by atoms with Crippen LogP contribution in [0.25, 0.3) is 38.8 Å². The van der Waals surface area contributed by atoms with Crippen LogP contribution in [-0.2, 0) is 31.5 Å². The number of carbonyl (C=O) groups is 1. The van der Waals surface area contributed by atoms with Crippen molar-refractivity contribution in [1.82, 2.24) is 9.55 Å². The number of carbonyl (C=O) groups excluding carboxylic acids is 1. The van der Waals surface area contributed by atoms with Gasteiger partial charge in [0, 0.05) is 61.2 Å². The number of aliphatic hydroxyl groups excluding tert-OH is 2. The Hall–Kier alpha value is -3.77. The number of allylic oxidation sites excluding steroid dienone is 2. The molecule has 2 N–H and O–H groups in total. The molecule has 2 heterocycles. The number of aromatic nitrogens is 2. The van der Waals surface area contributed by atoms with Gasteiger partial charge in [0.15, 0.2) is 5.78 Å². The normalized spacial score (nSPS) is 11.0. The summed E-state index contributed by atoms with van der Waals surface area (Å²) in [6.07, 6.45) is 2.97. The van der Waals surface area contributed by atoms with E-state index in [0.717, 1.165) is 33.5 Å². The molecule has 0 fully saturated rings. The van der Waals surface area contributed by atoms with Crippen molar-refractivity contribution >= 4 is 27.6 Å². The minimum Gasteiger partial charge on any atom is -0.540 e. The zero-order valence-corrected chi connectivity index (χ0v) is 23.1. The van der Waals surface area contributed by atoms with E-state index in [1.165, 1.54) is 30.7 Å². The SMILES string of the molecule is CC(=O)/C=C(/C)O.COc1c[c-]c(-c2cc(-n3c4ccccc4c4ccccc43)ccn2)c(CO)c1.[Ir]. The average molecular weight is 672 g/mol. The van der Waals surface area contributed by atoms with Crippen LogP contribution in [-0.4, -0.2) is 32.7 Å². The van der Waals surface area contributed by atoms with Gasteiger partial charge in [0.2, 0.25) is 0 Å². The smallest absolute Gasteiger partial charge is 0.155 e. The molecular formula is C30H27IrN2O4-. The van der Waals surface area contributed by atoms with Crippen LogP contribution in [0.4, 0.5) is 0 Å². The van der Waals surface area contributed by atoms with Crippen molar-refractivity contribution in [3.63, 3.8) is 0 Å². The van der Waals surface area contributed by atoms with E-state index in [-0.39, 0.29) is 38.3 Å². The molecule has 0 saturated carbocycles. The summed E-state index contributed by atoms with van der Waals surface area (Å²) in [5.41, 5.74) is 5.57. The zero-order valence-electron chi connectivity index (χ0n) is 20.7. The molecule has 0 amide bonds. The van der Waals surface area contributed by atoms with E-state index in [2.05, 4.69) is 64.1 Å². The summed E-state index contributed by atoms with van der Waals surface area (Å²) in [7, 11) is 1.60. The molecule has 6 nitrogen and oxygen atoms in total. The predicted molar refractivity (Wildman–Crippen MR) is 142 cm³/mol. The summed E-state index contributed by atoms with van der Waals surface area (Å²) in [6, 6.07) is 27.7. The Morgan fingerprint density at radius 2 is 1.65 bits per heavy atom. The maximum Gasteiger partial charge on any atom is 0.155 e. The van der Waals surface area contributed by atoms with Crippen molar-refractivity contribution in [2.24, 2.45) is 0 Å². The molecule has 0 aliphatic heterocycles. The third-order valence-corrected chi connectivity index (χ3v) is 5.65. The number of hydrogen-bond donors (Lipinski definition) is 2. The molecule has 7 heteroatoms. The number of fused-ring (bicyclic) bond motifs is 3. The Kier molecular flexibility index (Phi) is 9.36. The van der Waals surface area contributed by atoms with E-state index in [1.807, 2.05) is 18.2 Å². The molecule has 5 aromatic rings. The molecule has 0 spiro atoms. The summed E-state index contributed by atoms with van der Waals surface area (Å²) < 4.78 is 7.51. The van der Waals surface area contributed by atoms with Crippen LogP contribution < -0.4 is 4.74 Å². The number of pyridine rings is 1. The number of nitrogens with zero attached hydrogens (tertiary/aromatic N) is 2. The van der Waals surface area contributed by atoms with Gasteiger partial charge in [-0.25, -0.2) is 0 Å². The number of ether oxygens (including phenoxy) is 1. The molecule has 0 aliphatic rings. The first-order valence-electron chi connectivity index (χ1n) is 11.4. The maximum atomic E-state index is 10.0. The van der Waals surface area contributed by atoms with Crippen molar-refractivity contribution in [3.05, 3.63) is 102 Å². The monoisotopic (exact) mass is 672 g/mol. The Bertz CT molecular complexity index is 1520. The van der Waals surface area contributed by atoms with Crippen LogP contribution in [0.3, 0.4) is 0 Å². The molecule has 37 heavy (non-hydrogen) atoms. The molecular weight excluding hydrogens is 645 g/mol. The van der Waals surface area contributed by atoms with Gasteiger partial charge in [-0.1, -0.05) is 54.1 Å². The molecule has 0 bridgehead atoms. The van der Waals surface area contributed by atoms with Gasteiger partial charge in [-0.2, -0.15) is 0 Å². The van der Waals surface area contributed by atoms with Gasteiger partial charge in [-0.05, 0) is 37.7 Å². The van der Waals surface area contributed by atoms with Crippen molar-refractivity contribution < 1.29 is 39.8 Å². The van der Waals surface area contributed by atoms with Crippen LogP contribution in [0, 0.1) is 6.07 Å². The van der Waals surface area contributed by atoms with Crippen molar-refractivity contribution in [2.75, 3.05) is 7.11 Å². The molecule has 1 radical (unpaired) electrons. The number of ketones is 1. The fraction of sp³-hybridized carbons (Fsp3) is 0.133. The number of methoxy groups -OCH3 is 1. The Labute approximate surface area is 229 Å². The number of para-hydroxylation sites is 2. The van der Waals surface area contributed by atoms with Crippen LogP contribution in [0.5, 0.6) is 5.75 Å². The molecule has 191 valence electrons. The maximum absolute atomic E-state index is 10.0. The Morgan fingerprint density at radius 1 is 1.03 bits per heavy atom. The van der Waals surface area contributed by atoms with Gasteiger partial charge in [0.25, 0.3) is 0 Å². The second kappa shape index (κ2) is 12.5. The third-order valence-electron chi connectivity index (χ3n) is 5.65. The fourth-order valence-corrected chi connectivity index (χ4v) is 4.19. The standard InChI is InChI=1S/C25H19N2O2.C5H8O2.Ir/c1-29-19-10-11-20(17(14-19)16-28)23-15-18(12-13-26-23)27-24-8-4-2-6-21(24)22-7-3-5-9-25(22)27;1-4(6)3-5(2)7;/h2-10,12-15,28H,16H2,1H3;3,6H,1-2H3;/q-1;;/b;4-3-;. The van der Waals surface area contributed by atoms with Gasteiger partial charge in [0.1, 0.15) is 0 Å². The van der Waals surface area contributed by atoms with E-state index in [4.69, 9.17) is 9.84 Å². The predicted octanol–water partition coefficient (Wildman–Crippen LogP) is 6.18. The second-order valence-corrected chi connectivity index (χ2v) is 8.26. The minimum absolute atomic E-state index is 0. The largest absolute Gasteiger partial charge is 0.540 e. The van der Waals surface area contributed by atoms with Crippen LogP contribution in [0.1, 0.15) is 19.4 Å². The second-order valence-electron chi connectivity index (χ2n) is 8.26. The summed E-state index contributed by atoms with van der Waals surface area (Å²) in [5, 5.41) is 20.6. The molecule has 0 saturated heterocycles. The van der Waals surface area contributed by atoms with Gasteiger partial charge in [0.05, 0.1) is 23.9 Å². The van der Waals surface area contributed by atoms with E-state index >= 15 is 0 Å². The zero-order chi connectivity index (χ0) is 25.7. The average Bonchev–Trinajstić information content (AvgIpc) is 3.22. The number of aliphatic hydroxyl groups is 2. The van der Waals surface area contributed by atoms with Gasteiger partial charge in [-0.3, -0.25) is 4.79 Å². The van der Waals surface area contributed by atoms with Crippen LogP contribution in [0.2, 0.25) is 0 Å². The van der Waals surface area contributed by atoms with Crippen LogP contribution >= 0.6 is 0 Å². The first-order valence-corrected chi connectivity index (χ1v) is 11.4. The molecule has 3 aromatic carbocycles. The summed E-state index contributed by atoms with van der Waals surface area (Å²) >= 11 is 0. The van der Waals surface area contributed by atoms with E-state index in [9.17, 15) is 9.90 Å². The first kappa shape index (κ1) is 27.8. The van der Waals surface area contributed by atoms with Crippen molar-refractivity contribution in [2.45, 2.75) is 20.5 Å². The number of rotatable bonds is 5. The van der Waals surface area contributed by atoms with E-state index < -0.39 is 0 Å². The molecule has 0 aliphatic carbocycles. The van der Waals surface area contributed by atoms with E-state index in [1.54, 1.807) is 19.4 Å². The third kappa shape index (κ3) is 6.15. The van der Waals surface area contributed by atoms with Gasteiger partial charge in [-0.15, -0.1) is 17.7 Å². The Morgan fingerprint density at radius 3 is 2.16 bits per heavy atom. The van der Waals surface area contributed by atoms with Gasteiger partial charge >= 0.3 is 0 Å². The molecule has 2 aromatic heterocycles. The first-order chi connectivity index (χ1) is 17.4. The number of benzene rings is 3. The summed E-state index contributed by atoms with van der Waals surface area (Å²) in [5.74, 6) is 0.601. The molecule has 5 rings (SSSR count). The van der Waals surface area contributed by atoms with Crippen molar-refractivity contribution in [1.29, 1.82) is 0 Å². The van der Waals surface area contributed by atoms with Crippen molar-refractivity contribution in [3.8, 4) is 22.7 Å². The molecule has 0 atom stereocenters. The topological polar surface area (TPSA) is 84.6 Å². The quantitative estimate of drug-likeness (QED) is 0.133. The summed E-state index contributed by atoms with van der Waals surface area (Å²) in [6.45, 7) is 2.74. The van der Waals surface area contributed by atoms with E-state index in [0.29, 0.717) is 5.75 Å². The Balaban J connectivity index is 0.000000422. The fourth-order valence-electron chi connectivity index (χ4n) is 4.19. The molecule has 0 unspecified atom stereocenters. The van der Waals surface area contributed by atoms with Crippen LogP contribution in [0.15, 0.2) is 90.8 Å². The van der Waals surface area contributed by atoms with Gasteiger partial charge < -0.3 is 24.5 Å². The minimum atomic E-state index is -0.125. The summed E-state index contributed by atoms with van der Waals surface area (Å²) in [4.78, 5) is 14.6.